The highest BCUT2D eigenvalue weighted by molar-refractivity contribution is 6.30. The molecule has 3 aromatic carbocycles. The van der Waals surface area contributed by atoms with Crippen LogP contribution in [-0.4, -0.2) is 15.9 Å². The van der Waals surface area contributed by atoms with Crippen LogP contribution in [0.5, 0.6) is 5.88 Å². The highest BCUT2D eigenvalue weighted by atomic mass is 35.5. The maximum Gasteiger partial charge on any atom is 0.317 e. The zero-order valence-corrected chi connectivity index (χ0v) is 17.4. The van der Waals surface area contributed by atoms with Crippen LogP contribution in [0.25, 0.3) is 11.4 Å². The number of hydrogen-bond acceptors (Lipinski definition) is 3. The van der Waals surface area contributed by atoms with E-state index in [9.17, 15) is 13.6 Å². The van der Waals surface area contributed by atoms with Gasteiger partial charge in [0.2, 0.25) is 5.88 Å². The molecule has 0 aliphatic carbocycles. The summed E-state index contributed by atoms with van der Waals surface area (Å²) in [5.74, 6) is -2.37. The van der Waals surface area contributed by atoms with Crippen LogP contribution in [0.3, 0.4) is 0 Å². The van der Waals surface area contributed by atoms with Crippen molar-refractivity contribution in [3.63, 3.8) is 0 Å². The van der Waals surface area contributed by atoms with Crippen molar-refractivity contribution >= 4 is 17.6 Å². The Bertz CT molecular complexity index is 1290. The van der Waals surface area contributed by atoms with Gasteiger partial charge in [0.05, 0.1) is 11.5 Å². The van der Waals surface area contributed by atoms with Crippen molar-refractivity contribution < 1.29 is 18.3 Å². The van der Waals surface area contributed by atoms with Crippen molar-refractivity contribution in [2.45, 2.75) is 12.3 Å². The van der Waals surface area contributed by atoms with Crippen LogP contribution in [-0.2, 0) is 11.2 Å². The lowest BCUT2D eigenvalue weighted by Crippen LogP contribution is -2.34. The number of ether oxygens (including phenoxy) is 1. The molecule has 160 valence electrons. The number of H-pyrrole nitrogens is 1. The summed E-state index contributed by atoms with van der Waals surface area (Å²) in [4.78, 5) is 20.5. The molecular formula is C25H17ClF2N2O2. The number of carbonyl (C=O) groups excluding carboxylic acids is 1. The smallest absolute Gasteiger partial charge is 0.317 e. The molecule has 0 amide bonds. The normalized spacial score (nSPS) is 17.7. The van der Waals surface area contributed by atoms with Crippen LogP contribution >= 0.6 is 11.6 Å². The molecule has 1 aromatic heterocycles. The monoisotopic (exact) mass is 450 g/mol. The zero-order valence-electron chi connectivity index (χ0n) is 16.7. The molecular weight excluding hydrogens is 434 g/mol. The molecule has 2 heterocycles. The Morgan fingerprint density at radius 3 is 2.50 bits per heavy atom. The van der Waals surface area contributed by atoms with Gasteiger partial charge in [0.25, 0.3) is 0 Å². The summed E-state index contributed by atoms with van der Waals surface area (Å²) in [7, 11) is 0. The lowest BCUT2D eigenvalue weighted by atomic mass is 9.79. The Balaban J connectivity index is 1.61. The number of hydrogen-bond donors (Lipinski definition) is 1. The number of aromatic nitrogens is 2. The first-order valence-corrected chi connectivity index (χ1v) is 10.4. The van der Waals surface area contributed by atoms with Gasteiger partial charge in [-0.1, -0.05) is 54.1 Å². The van der Waals surface area contributed by atoms with Crippen molar-refractivity contribution in [1.82, 2.24) is 9.97 Å². The SMILES string of the molecule is O=C1Oc2[nH]c(-c3cc(F)ccc3F)nc2[C@H](c2ccccc2)[C@@H]1Cc1ccc(Cl)cc1. The van der Waals surface area contributed by atoms with E-state index in [0.717, 1.165) is 29.3 Å². The Hall–Kier alpha value is -3.51. The number of nitrogens with zero attached hydrogens (tertiary/aromatic N) is 1. The molecule has 1 N–H and O–H groups in total. The third-order valence-electron chi connectivity index (χ3n) is 5.61. The minimum absolute atomic E-state index is 0.0310. The molecule has 0 bridgehead atoms. The molecule has 0 spiro atoms. The van der Waals surface area contributed by atoms with Gasteiger partial charge in [-0.25, -0.2) is 13.8 Å². The van der Waals surface area contributed by atoms with E-state index >= 15 is 0 Å². The van der Waals surface area contributed by atoms with Crippen molar-refractivity contribution in [3.8, 4) is 17.3 Å². The number of carbonyl (C=O) groups is 1. The second-order valence-corrected chi connectivity index (χ2v) is 8.11. The average molecular weight is 451 g/mol. The number of fused-ring (bicyclic) bond motifs is 1. The Morgan fingerprint density at radius 1 is 1.00 bits per heavy atom. The van der Waals surface area contributed by atoms with Gasteiger partial charge in [0, 0.05) is 10.9 Å². The third-order valence-corrected chi connectivity index (χ3v) is 5.86. The summed E-state index contributed by atoms with van der Waals surface area (Å²) in [6.07, 6.45) is 0.408. The Morgan fingerprint density at radius 2 is 1.75 bits per heavy atom. The standard InChI is InChI=1S/C25H17ClF2N2O2/c26-16-8-6-14(7-9-16)12-19-21(15-4-2-1-3-5-15)22-24(32-25(19)31)30-23(29-22)18-13-17(27)10-11-20(18)28/h1-11,13,19,21H,12H2,(H,29,30)/t19-,21+/m0/s1. The number of aromatic amines is 1. The summed E-state index contributed by atoms with van der Waals surface area (Å²) >= 11 is 6.00. The van der Waals surface area contributed by atoms with Crippen LogP contribution in [0.15, 0.2) is 72.8 Å². The topological polar surface area (TPSA) is 55.0 Å². The van der Waals surface area contributed by atoms with Gasteiger partial charge < -0.3 is 9.72 Å². The van der Waals surface area contributed by atoms with Gasteiger partial charge in [0.15, 0.2) is 0 Å². The van der Waals surface area contributed by atoms with Gasteiger partial charge in [-0.2, -0.15) is 0 Å². The maximum atomic E-state index is 14.4. The van der Waals surface area contributed by atoms with Crippen LogP contribution < -0.4 is 4.74 Å². The summed E-state index contributed by atoms with van der Waals surface area (Å²) in [6, 6.07) is 19.9. The summed E-state index contributed by atoms with van der Waals surface area (Å²) in [5, 5.41) is 0.607. The highest BCUT2D eigenvalue weighted by Crippen LogP contribution is 2.43. The quantitative estimate of drug-likeness (QED) is 0.393. The molecule has 1 aliphatic heterocycles. The Kier molecular flexibility index (Phi) is 5.23. The largest absolute Gasteiger partial charge is 0.407 e. The Labute approximate surface area is 187 Å². The number of halogens is 3. The van der Waals surface area contributed by atoms with Crippen LogP contribution in [0, 0.1) is 17.6 Å². The number of nitrogens with one attached hydrogen (secondary N) is 1. The van der Waals surface area contributed by atoms with E-state index in [2.05, 4.69) is 9.97 Å². The molecule has 0 saturated carbocycles. The maximum absolute atomic E-state index is 14.4. The zero-order chi connectivity index (χ0) is 22.2. The number of imidazole rings is 1. The van der Waals surface area contributed by atoms with E-state index in [1.165, 1.54) is 0 Å². The van der Waals surface area contributed by atoms with E-state index in [1.807, 2.05) is 42.5 Å². The van der Waals surface area contributed by atoms with Crippen molar-refractivity contribution in [2.75, 3.05) is 0 Å². The van der Waals surface area contributed by atoms with Gasteiger partial charge in [-0.3, -0.25) is 4.79 Å². The fourth-order valence-electron chi connectivity index (χ4n) is 4.09. The number of esters is 1. The molecule has 32 heavy (non-hydrogen) atoms. The van der Waals surface area contributed by atoms with E-state index < -0.39 is 29.4 Å². The van der Waals surface area contributed by atoms with E-state index in [0.29, 0.717) is 17.1 Å². The van der Waals surface area contributed by atoms with Gasteiger partial charge in [0.1, 0.15) is 23.2 Å². The molecule has 7 heteroatoms. The van der Waals surface area contributed by atoms with Crippen LogP contribution in [0.2, 0.25) is 5.02 Å². The van der Waals surface area contributed by atoms with Gasteiger partial charge in [-0.05, 0) is 47.9 Å². The van der Waals surface area contributed by atoms with Gasteiger partial charge >= 0.3 is 5.97 Å². The molecule has 0 unspecified atom stereocenters. The first-order chi connectivity index (χ1) is 15.5. The van der Waals surface area contributed by atoms with Crippen molar-refractivity contribution in [1.29, 1.82) is 0 Å². The van der Waals surface area contributed by atoms with Crippen LogP contribution in [0.4, 0.5) is 8.78 Å². The molecule has 2 atom stereocenters. The lowest BCUT2D eigenvalue weighted by Gasteiger charge is -2.29. The highest BCUT2D eigenvalue weighted by Gasteiger charge is 2.41. The second kappa shape index (κ2) is 8.20. The lowest BCUT2D eigenvalue weighted by molar-refractivity contribution is -0.141. The summed E-state index contributed by atoms with van der Waals surface area (Å²) < 4.78 is 33.7. The molecule has 0 fully saturated rings. The fourth-order valence-corrected chi connectivity index (χ4v) is 4.22. The summed E-state index contributed by atoms with van der Waals surface area (Å²) in [5.41, 5.74) is 2.25. The molecule has 0 saturated heterocycles. The second-order valence-electron chi connectivity index (χ2n) is 7.67. The third kappa shape index (κ3) is 3.78. The van der Waals surface area contributed by atoms with Crippen molar-refractivity contribution in [3.05, 3.63) is 106 Å². The minimum atomic E-state index is -0.627. The first-order valence-electron chi connectivity index (χ1n) is 10.1. The molecule has 4 aromatic rings. The molecule has 5 rings (SSSR count). The van der Waals surface area contributed by atoms with Gasteiger partial charge in [-0.15, -0.1) is 0 Å². The summed E-state index contributed by atoms with van der Waals surface area (Å²) in [6.45, 7) is 0. The van der Waals surface area contributed by atoms with E-state index in [4.69, 9.17) is 16.3 Å². The number of rotatable bonds is 4. The van der Waals surface area contributed by atoms with E-state index in [-0.39, 0.29) is 17.3 Å². The first kappa shape index (κ1) is 20.4. The predicted octanol–water partition coefficient (Wildman–Crippen LogP) is 5.92. The molecule has 0 radical (unpaired) electrons. The predicted molar refractivity (Wildman–Crippen MR) is 117 cm³/mol. The molecule has 1 aliphatic rings. The average Bonchev–Trinajstić information content (AvgIpc) is 3.21. The molecule has 4 nitrogen and oxygen atoms in total. The van der Waals surface area contributed by atoms with Crippen LogP contribution in [0.1, 0.15) is 22.7 Å². The van der Waals surface area contributed by atoms with Crippen molar-refractivity contribution in [2.24, 2.45) is 5.92 Å². The fraction of sp³-hybridized carbons (Fsp3) is 0.120. The van der Waals surface area contributed by atoms with E-state index in [1.54, 1.807) is 12.1 Å². The minimum Gasteiger partial charge on any atom is -0.407 e. The number of benzene rings is 3.